The molecule has 2 aliphatic rings. The first-order valence-electron chi connectivity index (χ1n) is 9.82. The molecule has 1 fully saturated rings. The van der Waals surface area contributed by atoms with Crippen LogP contribution < -0.4 is 11.1 Å². The van der Waals surface area contributed by atoms with Crippen molar-refractivity contribution >= 4 is 27.6 Å². The SMILES string of the molecule is CN1C(N)=N[C@@]2(c3cc(NC(=O)c4cnc(C(F)(F)F)cn4)ccc3F)COC(CF)[C@H]2S1(=O)=O. The first kappa shape index (κ1) is 24.7. The van der Waals surface area contributed by atoms with Gasteiger partial charge in [0.15, 0.2) is 5.69 Å². The van der Waals surface area contributed by atoms with Gasteiger partial charge in [0.05, 0.1) is 19.0 Å². The summed E-state index contributed by atoms with van der Waals surface area (Å²) in [4.78, 5) is 23.2. The molecule has 1 saturated heterocycles. The number of nitrogens with zero attached hydrogens (tertiary/aromatic N) is 4. The van der Waals surface area contributed by atoms with E-state index in [0.717, 1.165) is 25.2 Å². The molecule has 188 valence electrons. The van der Waals surface area contributed by atoms with E-state index in [0.29, 0.717) is 16.7 Å². The summed E-state index contributed by atoms with van der Waals surface area (Å²) in [5.41, 5.74) is 1.63. The fourth-order valence-electron chi connectivity index (χ4n) is 3.96. The van der Waals surface area contributed by atoms with E-state index in [-0.39, 0.29) is 11.3 Å². The second-order valence-electron chi connectivity index (χ2n) is 7.76. The normalized spacial score (nSPS) is 25.7. The van der Waals surface area contributed by atoms with Gasteiger partial charge >= 0.3 is 6.18 Å². The van der Waals surface area contributed by atoms with Crippen LogP contribution >= 0.6 is 0 Å². The van der Waals surface area contributed by atoms with E-state index in [9.17, 15) is 30.8 Å². The van der Waals surface area contributed by atoms with Gasteiger partial charge in [-0.2, -0.15) is 13.2 Å². The van der Waals surface area contributed by atoms with Gasteiger partial charge in [0.25, 0.3) is 5.91 Å². The Balaban J connectivity index is 1.72. The first-order chi connectivity index (χ1) is 16.3. The zero-order valence-electron chi connectivity index (χ0n) is 17.8. The summed E-state index contributed by atoms with van der Waals surface area (Å²) in [7, 11) is -3.20. The summed E-state index contributed by atoms with van der Waals surface area (Å²) in [5, 5.41) is 0.668. The quantitative estimate of drug-likeness (QED) is 0.581. The summed E-state index contributed by atoms with van der Waals surface area (Å²) < 4.78 is 98.7. The molecule has 1 aromatic heterocycles. The minimum absolute atomic E-state index is 0.0741. The van der Waals surface area contributed by atoms with Gasteiger partial charge < -0.3 is 15.8 Å². The number of nitrogens with one attached hydrogen (secondary N) is 1. The number of halogens is 5. The van der Waals surface area contributed by atoms with E-state index in [4.69, 9.17) is 10.5 Å². The number of fused-ring (bicyclic) bond motifs is 1. The molecule has 0 spiro atoms. The van der Waals surface area contributed by atoms with Crippen LogP contribution in [0.5, 0.6) is 0 Å². The highest BCUT2D eigenvalue weighted by Gasteiger charge is 2.62. The largest absolute Gasteiger partial charge is 0.434 e. The lowest BCUT2D eigenvalue weighted by Gasteiger charge is -2.39. The molecule has 35 heavy (non-hydrogen) atoms. The van der Waals surface area contributed by atoms with E-state index in [1.807, 2.05) is 0 Å². The molecular formula is C19H17F5N6O4S. The predicted octanol–water partition coefficient (Wildman–Crippen LogP) is 1.41. The van der Waals surface area contributed by atoms with Crippen molar-refractivity contribution in [1.82, 2.24) is 14.3 Å². The van der Waals surface area contributed by atoms with E-state index < -0.39 is 75.4 Å². The van der Waals surface area contributed by atoms with Crippen LogP contribution in [0.15, 0.2) is 35.6 Å². The van der Waals surface area contributed by atoms with Gasteiger partial charge in [-0.05, 0) is 18.2 Å². The lowest BCUT2D eigenvalue weighted by atomic mass is 9.86. The monoisotopic (exact) mass is 520 g/mol. The molecular weight excluding hydrogens is 503 g/mol. The first-order valence-corrected chi connectivity index (χ1v) is 11.3. The Kier molecular flexibility index (Phi) is 5.91. The highest BCUT2D eigenvalue weighted by atomic mass is 32.2. The lowest BCUT2D eigenvalue weighted by molar-refractivity contribution is -0.141. The van der Waals surface area contributed by atoms with E-state index in [2.05, 4.69) is 20.3 Å². The molecule has 2 aromatic rings. The number of hydrogen-bond donors (Lipinski definition) is 2. The maximum Gasteiger partial charge on any atom is 0.434 e. The van der Waals surface area contributed by atoms with Crippen molar-refractivity contribution in [3.05, 3.63) is 53.4 Å². The average Bonchev–Trinajstić information content (AvgIpc) is 3.19. The number of aliphatic imine (C=N–C) groups is 1. The molecule has 0 bridgehead atoms. The van der Waals surface area contributed by atoms with Crippen molar-refractivity contribution in [1.29, 1.82) is 0 Å². The number of ether oxygens (including phenoxy) is 1. The number of benzene rings is 1. The second kappa shape index (κ2) is 8.37. The van der Waals surface area contributed by atoms with Gasteiger partial charge in [-0.25, -0.2) is 36.5 Å². The Labute approximate surface area is 195 Å². The number of alkyl halides is 4. The standard InChI is InChI=1S/C19H17F5N6O4S/c1-30-17(25)29-18(8-34-13(5-20)15(18)35(30,32)33)10-4-9(2-3-11(10)21)28-16(31)12-6-27-14(7-26-12)19(22,23)24/h2-4,6-7,13,15H,5,8H2,1H3,(H2,25,29)(H,28,31)/t13?,15-,18-/m1/s1. The third-order valence-electron chi connectivity index (χ3n) is 5.68. The number of nitrogens with two attached hydrogens (primary N) is 1. The van der Waals surface area contributed by atoms with Crippen LogP contribution in [-0.4, -0.2) is 66.2 Å². The number of aromatic nitrogens is 2. The van der Waals surface area contributed by atoms with Gasteiger partial charge in [-0.1, -0.05) is 0 Å². The molecule has 1 aromatic carbocycles. The highest BCUT2D eigenvalue weighted by Crippen LogP contribution is 2.46. The number of carbonyl (C=O) groups is 1. The molecule has 1 amide bonds. The van der Waals surface area contributed by atoms with Crippen LogP contribution in [0.3, 0.4) is 0 Å². The highest BCUT2D eigenvalue weighted by molar-refractivity contribution is 7.90. The molecule has 4 rings (SSSR count). The Bertz CT molecular complexity index is 1300. The maximum atomic E-state index is 15.0. The minimum atomic E-state index is -4.75. The number of guanidine groups is 1. The fourth-order valence-corrected chi connectivity index (χ4v) is 5.88. The lowest BCUT2D eigenvalue weighted by Crippen LogP contribution is -2.59. The summed E-state index contributed by atoms with van der Waals surface area (Å²) in [5.74, 6) is -2.37. The van der Waals surface area contributed by atoms with Gasteiger partial charge in [0.2, 0.25) is 16.0 Å². The Morgan fingerprint density at radius 1 is 1.31 bits per heavy atom. The van der Waals surface area contributed by atoms with Gasteiger partial charge in [0, 0.05) is 18.3 Å². The summed E-state index contributed by atoms with van der Waals surface area (Å²) in [6, 6.07) is 3.10. The van der Waals surface area contributed by atoms with Crippen molar-refractivity contribution in [3.8, 4) is 0 Å². The Hall–Kier alpha value is -3.40. The molecule has 2 aliphatic heterocycles. The molecule has 0 aliphatic carbocycles. The smallest absolute Gasteiger partial charge is 0.371 e. The third-order valence-corrected chi connectivity index (χ3v) is 7.97. The zero-order valence-corrected chi connectivity index (χ0v) is 18.6. The summed E-state index contributed by atoms with van der Waals surface area (Å²) in [6.45, 7) is -1.71. The predicted molar refractivity (Wildman–Crippen MR) is 111 cm³/mol. The van der Waals surface area contributed by atoms with Crippen molar-refractivity contribution in [2.75, 3.05) is 25.6 Å². The van der Waals surface area contributed by atoms with Crippen molar-refractivity contribution in [2.45, 2.75) is 23.1 Å². The molecule has 0 radical (unpaired) electrons. The van der Waals surface area contributed by atoms with Crippen LogP contribution in [0.4, 0.5) is 27.6 Å². The Morgan fingerprint density at radius 3 is 2.63 bits per heavy atom. The van der Waals surface area contributed by atoms with Crippen LogP contribution in [-0.2, 0) is 26.5 Å². The molecule has 3 atom stereocenters. The van der Waals surface area contributed by atoms with Gasteiger partial charge in [-0.3, -0.25) is 4.79 Å². The summed E-state index contributed by atoms with van der Waals surface area (Å²) in [6.07, 6.45) is -5.22. The van der Waals surface area contributed by atoms with Crippen LogP contribution in [0.1, 0.15) is 21.7 Å². The second-order valence-corrected chi connectivity index (χ2v) is 9.85. The van der Waals surface area contributed by atoms with Crippen molar-refractivity contribution in [2.24, 2.45) is 10.7 Å². The van der Waals surface area contributed by atoms with Crippen LogP contribution in [0.25, 0.3) is 0 Å². The number of rotatable bonds is 4. The molecule has 0 saturated carbocycles. The molecule has 3 heterocycles. The number of sulfonamides is 1. The van der Waals surface area contributed by atoms with Crippen LogP contribution in [0.2, 0.25) is 0 Å². The number of amides is 1. The van der Waals surface area contributed by atoms with E-state index in [1.165, 1.54) is 0 Å². The number of carbonyl (C=O) groups excluding carboxylic acids is 1. The average molecular weight is 520 g/mol. The summed E-state index contributed by atoms with van der Waals surface area (Å²) >= 11 is 0. The number of anilines is 1. The topological polar surface area (TPSA) is 140 Å². The van der Waals surface area contributed by atoms with Crippen LogP contribution in [0, 0.1) is 5.82 Å². The molecule has 10 nitrogen and oxygen atoms in total. The third kappa shape index (κ3) is 4.05. The van der Waals surface area contributed by atoms with Gasteiger partial charge in [0.1, 0.15) is 35.1 Å². The van der Waals surface area contributed by atoms with Crippen molar-refractivity contribution < 1.29 is 39.9 Å². The van der Waals surface area contributed by atoms with Gasteiger partial charge in [-0.15, -0.1) is 0 Å². The fraction of sp³-hybridized carbons (Fsp3) is 0.368. The number of hydrogen-bond acceptors (Lipinski definition) is 8. The molecule has 1 unspecified atom stereocenters. The minimum Gasteiger partial charge on any atom is -0.371 e. The Morgan fingerprint density at radius 2 is 2.03 bits per heavy atom. The zero-order chi connectivity index (χ0) is 25.8. The molecule has 16 heteroatoms. The van der Waals surface area contributed by atoms with Crippen molar-refractivity contribution in [3.63, 3.8) is 0 Å². The van der Waals surface area contributed by atoms with E-state index >= 15 is 4.39 Å². The maximum absolute atomic E-state index is 15.0. The molecule has 3 N–H and O–H groups in total. The van der Waals surface area contributed by atoms with E-state index in [1.54, 1.807) is 0 Å².